The van der Waals surface area contributed by atoms with E-state index < -0.39 is 0 Å². The number of H-pyrrole nitrogens is 1. The fourth-order valence-electron chi connectivity index (χ4n) is 3.86. The zero-order chi connectivity index (χ0) is 17.7. The molecule has 132 valence electrons. The number of carbonyl (C=O) groups is 1. The van der Waals surface area contributed by atoms with Crippen molar-refractivity contribution in [2.24, 2.45) is 0 Å². The molecule has 2 aliphatic rings. The van der Waals surface area contributed by atoms with Crippen molar-refractivity contribution in [2.75, 3.05) is 18.8 Å². The molecule has 2 aliphatic heterocycles. The average molecular weight is 349 g/mol. The number of nitrogens with one attached hydrogen (secondary N) is 2. The van der Waals surface area contributed by atoms with Crippen LogP contribution >= 0.6 is 0 Å². The number of nitrogens with two attached hydrogens (primary N) is 1. The van der Waals surface area contributed by atoms with Gasteiger partial charge in [0.25, 0.3) is 5.91 Å². The quantitative estimate of drug-likeness (QED) is 0.643. The number of hydrogen-bond donors (Lipinski definition) is 3. The van der Waals surface area contributed by atoms with Crippen molar-refractivity contribution in [2.45, 2.75) is 25.4 Å². The molecule has 1 unspecified atom stereocenters. The third kappa shape index (κ3) is 2.33. The van der Waals surface area contributed by atoms with Gasteiger partial charge in [0, 0.05) is 30.3 Å². The predicted octanol–water partition coefficient (Wildman–Crippen LogP) is 1.31. The molecular formula is C18H19N7O. The second kappa shape index (κ2) is 5.77. The van der Waals surface area contributed by atoms with Gasteiger partial charge in [-0.2, -0.15) is 0 Å². The molecule has 1 amide bonds. The summed E-state index contributed by atoms with van der Waals surface area (Å²) in [6.45, 7) is 2.53. The summed E-state index contributed by atoms with van der Waals surface area (Å²) in [4.78, 5) is 30.7. The zero-order valence-electron chi connectivity index (χ0n) is 14.2. The van der Waals surface area contributed by atoms with E-state index in [0.29, 0.717) is 29.4 Å². The van der Waals surface area contributed by atoms with Gasteiger partial charge < -0.3 is 20.9 Å². The fraction of sp³-hybridized carbons (Fsp3) is 0.333. The maximum absolute atomic E-state index is 12.8. The van der Waals surface area contributed by atoms with Crippen molar-refractivity contribution in [3.05, 3.63) is 35.7 Å². The normalized spacial score (nSPS) is 19.9. The smallest absolute Gasteiger partial charge is 0.254 e. The number of carbonyl (C=O) groups excluding carboxylic acids is 1. The Morgan fingerprint density at radius 3 is 3.04 bits per heavy atom. The van der Waals surface area contributed by atoms with Crippen molar-refractivity contribution >= 4 is 22.9 Å². The van der Waals surface area contributed by atoms with Crippen LogP contribution in [0.1, 0.15) is 28.8 Å². The van der Waals surface area contributed by atoms with Crippen LogP contribution in [0.5, 0.6) is 0 Å². The van der Waals surface area contributed by atoms with Crippen LogP contribution in [-0.2, 0) is 6.54 Å². The summed E-state index contributed by atoms with van der Waals surface area (Å²) >= 11 is 0. The van der Waals surface area contributed by atoms with Crippen molar-refractivity contribution in [1.29, 1.82) is 0 Å². The highest BCUT2D eigenvalue weighted by atomic mass is 16.2. The van der Waals surface area contributed by atoms with Crippen LogP contribution in [0.2, 0.25) is 0 Å². The number of piperidine rings is 1. The van der Waals surface area contributed by atoms with Crippen LogP contribution in [-0.4, -0.2) is 49.9 Å². The molecule has 8 nitrogen and oxygen atoms in total. The summed E-state index contributed by atoms with van der Waals surface area (Å²) in [6.07, 6.45) is 3.71. The molecule has 2 aromatic heterocycles. The largest absolute Gasteiger partial charge is 0.382 e. The number of fused-ring (bicyclic) bond motifs is 2. The first kappa shape index (κ1) is 15.3. The summed E-state index contributed by atoms with van der Waals surface area (Å²) in [5.74, 6) is 1.01. The third-order valence-corrected chi connectivity index (χ3v) is 5.22. The molecule has 8 heteroatoms. The van der Waals surface area contributed by atoms with Crippen molar-refractivity contribution in [1.82, 2.24) is 30.2 Å². The molecular weight excluding hydrogens is 330 g/mol. The SMILES string of the molecule is Nc1nc(-c2ccc3c(c2)CN(C2CCCNC2)C3=O)nc2nc[nH]c12. The first-order valence-electron chi connectivity index (χ1n) is 8.82. The zero-order valence-corrected chi connectivity index (χ0v) is 14.2. The highest BCUT2D eigenvalue weighted by molar-refractivity contribution is 5.99. The minimum atomic E-state index is 0.114. The van der Waals surface area contributed by atoms with Crippen LogP contribution < -0.4 is 11.1 Å². The molecule has 0 spiro atoms. The fourth-order valence-corrected chi connectivity index (χ4v) is 3.86. The highest BCUT2D eigenvalue weighted by Crippen LogP contribution is 2.30. The molecule has 26 heavy (non-hydrogen) atoms. The molecule has 4 N–H and O–H groups in total. The average Bonchev–Trinajstić information content (AvgIpc) is 3.27. The Balaban J connectivity index is 1.50. The Kier molecular flexibility index (Phi) is 3.39. The lowest BCUT2D eigenvalue weighted by molar-refractivity contribution is 0.0674. The van der Waals surface area contributed by atoms with Gasteiger partial charge in [-0.15, -0.1) is 0 Å². The van der Waals surface area contributed by atoms with Crippen LogP contribution in [0.3, 0.4) is 0 Å². The van der Waals surface area contributed by atoms with E-state index in [0.717, 1.165) is 42.6 Å². The Bertz CT molecular complexity index is 1010. The van der Waals surface area contributed by atoms with Gasteiger partial charge in [0.1, 0.15) is 5.52 Å². The maximum Gasteiger partial charge on any atom is 0.254 e. The molecule has 1 fully saturated rings. The third-order valence-electron chi connectivity index (χ3n) is 5.22. The highest BCUT2D eigenvalue weighted by Gasteiger charge is 2.33. The topological polar surface area (TPSA) is 113 Å². The summed E-state index contributed by atoms with van der Waals surface area (Å²) in [7, 11) is 0. The summed E-state index contributed by atoms with van der Waals surface area (Å²) in [5, 5.41) is 3.38. The van der Waals surface area contributed by atoms with Crippen molar-refractivity contribution < 1.29 is 4.79 Å². The van der Waals surface area contributed by atoms with Gasteiger partial charge in [-0.1, -0.05) is 6.07 Å². The Labute approximate surface area is 149 Å². The van der Waals surface area contributed by atoms with Crippen LogP contribution in [0, 0.1) is 0 Å². The minimum absolute atomic E-state index is 0.114. The minimum Gasteiger partial charge on any atom is -0.382 e. The van der Waals surface area contributed by atoms with E-state index in [-0.39, 0.29) is 11.9 Å². The maximum atomic E-state index is 12.8. The van der Waals surface area contributed by atoms with E-state index in [1.807, 2.05) is 23.1 Å². The lowest BCUT2D eigenvalue weighted by Gasteiger charge is -2.31. The standard InChI is InChI=1S/C18H19N7O/c19-15-14-17(22-9-21-14)24-16(23-15)10-3-4-13-11(6-10)8-25(18(13)26)12-2-1-5-20-7-12/h3-4,6,9,12,20H,1-2,5,7-8H2,(H3,19,21,22,23,24). The van der Waals surface area contributed by atoms with Crippen LogP contribution in [0.15, 0.2) is 24.5 Å². The van der Waals surface area contributed by atoms with E-state index in [2.05, 4.69) is 25.3 Å². The number of nitrogens with zero attached hydrogens (tertiary/aromatic N) is 4. The van der Waals surface area contributed by atoms with E-state index in [9.17, 15) is 4.79 Å². The number of imidazole rings is 1. The lowest BCUT2D eigenvalue weighted by Crippen LogP contribution is -2.46. The molecule has 0 radical (unpaired) electrons. The van der Waals surface area contributed by atoms with Gasteiger partial charge in [-0.3, -0.25) is 4.79 Å². The van der Waals surface area contributed by atoms with Crippen LogP contribution in [0.25, 0.3) is 22.6 Å². The first-order valence-corrected chi connectivity index (χ1v) is 8.82. The summed E-state index contributed by atoms with van der Waals surface area (Å²) in [6, 6.07) is 6.01. The predicted molar refractivity (Wildman–Crippen MR) is 97.3 cm³/mol. The number of aromatic nitrogens is 4. The van der Waals surface area contributed by atoms with Gasteiger partial charge >= 0.3 is 0 Å². The molecule has 5 rings (SSSR count). The molecule has 0 aliphatic carbocycles. The van der Waals surface area contributed by atoms with Gasteiger partial charge in [-0.05, 0) is 37.1 Å². The Hall–Kier alpha value is -3.00. The summed E-state index contributed by atoms with van der Waals surface area (Å²) in [5.41, 5.74) is 9.81. The van der Waals surface area contributed by atoms with E-state index >= 15 is 0 Å². The molecule has 1 saturated heterocycles. The number of anilines is 1. The second-order valence-corrected chi connectivity index (χ2v) is 6.84. The van der Waals surface area contributed by atoms with E-state index in [1.165, 1.54) is 0 Å². The Morgan fingerprint density at radius 2 is 2.19 bits per heavy atom. The number of nitrogen functional groups attached to an aromatic ring is 1. The molecule has 0 saturated carbocycles. The molecule has 1 atom stereocenters. The van der Waals surface area contributed by atoms with Gasteiger partial charge in [0.15, 0.2) is 17.3 Å². The number of benzene rings is 1. The lowest BCUT2D eigenvalue weighted by atomic mass is 10.1. The number of hydrogen-bond acceptors (Lipinski definition) is 6. The molecule has 1 aromatic carbocycles. The molecule has 3 aromatic rings. The van der Waals surface area contributed by atoms with Gasteiger partial charge in [-0.25, -0.2) is 15.0 Å². The van der Waals surface area contributed by atoms with Gasteiger partial charge in [0.05, 0.1) is 6.33 Å². The second-order valence-electron chi connectivity index (χ2n) is 6.84. The van der Waals surface area contributed by atoms with Crippen molar-refractivity contribution in [3.63, 3.8) is 0 Å². The van der Waals surface area contributed by atoms with E-state index in [1.54, 1.807) is 6.33 Å². The Morgan fingerprint density at radius 1 is 1.27 bits per heavy atom. The number of rotatable bonds is 2. The van der Waals surface area contributed by atoms with E-state index in [4.69, 9.17) is 5.73 Å². The van der Waals surface area contributed by atoms with Crippen LogP contribution in [0.4, 0.5) is 5.82 Å². The van der Waals surface area contributed by atoms with Gasteiger partial charge in [0.2, 0.25) is 0 Å². The first-order chi connectivity index (χ1) is 12.7. The monoisotopic (exact) mass is 349 g/mol. The molecule has 4 heterocycles. The summed E-state index contributed by atoms with van der Waals surface area (Å²) < 4.78 is 0. The number of amides is 1. The number of aromatic amines is 1. The van der Waals surface area contributed by atoms with Crippen molar-refractivity contribution in [3.8, 4) is 11.4 Å². The molecule has 0 bridgehead atoms.